The Balaban J connectivity index is 3.45. The fourth-order valence-electron chi connectivity index (χ4n) is 0.924. The van der Waals surface area contributed by atoms with Gasteiger partial charge in [-0.2, -0.15) is 0 Å². The van der Waals surface area contributed by atoms with Gasteiger partial charge in [0.05, 0.1) is 0 Å². The molecule has 0 radical (unpaired) electrons. The first-order valence-corrected chi connectivity index (χ1v) is 3.99. The summed E-state index contributed by atoms with van der Waals surface area (Å²) in [6.45, 7) is -0.664. The van der Waals surface area contributed by atoms with Crippen molar-refractivity contribution in [2.45, 2.75) is 6.54 Å². The Morgan fingerprint density at radius 1 is 1.57 bits per heavy atom. The molecule has 6 nitrogen and oxygen atoms in total. The SMILES string of the molecule is Cn1c(Cl)cc(=O)n(CC(=O)O)c1=O. The van der Waals surface area contributed by atoms with Crippen molar-refractivity contribution in [2.24, 2.45) is 7.05 Å². The molecule has 0 aromatic carbocycles. The molecule has 0 aliphatic carbocycles. The highest BCUT2D eigenvalue weighted by atomic mass is 35.5. The van der Waals surface area contributed by atoms with Crippen LogP contribution in [0.25, 0.3) is 0 Å². The summed E-state index contributed by atoms with van der Waals surface area (Å²) in [5, 5.41) is 8.41. The minimum atomic E-state index is -1.26. The summed E-state index contributed by atoms with van der Waals surface area (Å²) in [5.74, 6) is -1.26. The number of rotatable bonds is 2. The fourth-order valence-corrected chi connectivity index (χ4v) is 1.09. The molecule has 0 fully saturated rings. The normalized spacial score (nSPS) is 10.1. The van der Waals surface area contributed by atoms with Crippen molar-refractivity contribution in [1.82, 2.24) is 9.13 Å². The fraction of sp³-hybridized carbons (Fsp3) is 0.286. The second-order valence-electron chi connectivity index (χ2n) is 2.63. The van der Waals surface area contributed by atoms with Crippen LogP contribution in [0.4, 0.5) is 0 Å². The average Bonchev–Trinajstić information content (AvgIpc) is 2.09. The first-order valence-electron chi connectivity index (χ1n) is 3.61. The average molecular weight is 219 g/mol. The molecule has 0 saturated heterocycles. The molecule has 0 aliphatic rings. The molecule has 1 rings (SSSR count). The maximum absolute atomic E-state index is 11.3. The van der Waals surface area contributed by atoms with E-state index in [0.29, 0.717) is 4.57 Å². The number of aliphatic carboxylic acids is 1. The number of carbonyl (C=O) groups is 1. The summed E-state index contributed by atoms with van der Waals surface area (Å²) in [6.07, 6.45) is 0. The highest BCUT2D eigenvalue weighted by molar-refractivity contribution is 6.29. The minimum Gasteiger partial charge on any atom is -0.480 e. The first kappa shape index (κ1) is 10.5. The maximum Gasteiger partial charge on any atom is 0.332 e. The van der Waals surface area contributed by atoms with E-state index < -0.39 is 23.8 Å². The van der Waals surface area contributed by atoms with Gasteiger partial charge in [-0.15, -0.1) is 0 Å². The second kappa shape index (κ2) is 3.67. The lowest BCUT2D eigenvalue weighted by Crippen LogP contribution is -2.40. The molecule has 1 heterocycles. The van der Waals surface area contributed by atoms with E-state index in [2.05, 4.69) is 0 Å². The molecular formula is C7H7ClN2O4. The van der Waals surface area contributed by atoms with E-state index in [-0.39, 0.29) is 5.15 Å². The van der Waals surface area contributed by atoms with Gasteiger partial charge in [0.1, 0.15) is 11.7 Å². The number of hydrogen-bond donors (Lipinski definition) is 1. The van der Waals surface area contributed by atoms with Gasteiger partial charge in [0.25, 0.3) is 5.56 Å². The molecule has 0 spiro atoms. The molecule has 7 heteroatoms. The topological polar surface area (TPSA) is 81.3 Å². The van der Waals surface area contributed by atoms with E-state index in [0.717, 1.165) is 10.6 Å². The summed E-state index contributed by atoms with van der Waals surface area (Å²) in [6, 6.07) is 0.992. The third-order valence-electron chi connectivity index (χ3n) is 1.64. The van der Waals surface area contributed by atoms with Crippen molar-refractivity contribution >= 4 is 17.6 Å². The lowest BCUT2D eigenvalue weighted by molar-refractivity contribution is -0.137. The van der Waals surface area contributed by atoms with Crippen molar-refractivity contribution in [3.63, 3.8) is 0 Å². The van der Waals surface area contributed by atoms with Crippen LogP contribution in [0.5, 0.6) is 0 Å². The van der Waals surface area contributed by atoms with Crippen LogP contribution in [0.2, 0.25) is 5.15 Å². The standard InChI is InChI=1S/C7H7ClN2O4/c1-9-4(8)2-5(11)10(7(9)14)3-6(12)13/h2H,3H2,1H3,(H,12,13). The van der Waals surface area contributed by atoms with Gasteiger partial charge in [-0.3, -0.25) is 14.2 Å². The zero-order valence-electron chi connectivity index (χ0n) is 7.23. The number of aromatic nitrogens is 2. The molecule has 14 heavy (non-hydrogen) atoms. The lowest BCUT2D eigenvalue weighted by atomic mass is 10.5. The summed E-state index contributed by atoms with van der Waals surface area (Å²) in [7, 11) is 1.35. The maximum atomic E-state index is 11.3. The van der Waals surface area contributed by atoms with Crippen LogP contribution in [-0.4, -0.2) is 20.2 Å². The molecular weight excluding hydrogens is 212 g/mol. The molecule has 0 bridgehead atoms. The van der Waals surface area contributed by atoms with E-state index in [1.54, 1.807) is 0 Å². The largest absolute Gasteiger partial charge is 0.480 e. The van der Waals surface area contributed by atoms with E-state index in [9.17, 15) is 14.4 Å². The molecule has 76 valence electrons. The number of carboxylic acids is 1. The predicted molar refractivity (Wildman–Crippen MR) is 48.6 cm³/mol. The smallest absolute Gasteiger partial charge is 0.332 e. The third kappa shape index (κ3) is 1.85. The van der Waals surface area contributed by atoms with Gasteiger partial charge in [-0.25, -0.2) is 9.36 Å². The van der Waals surface area contributed by atoms with Gasteiger partial charge in [0, 0.05) is 13.1 Å². The van der Waals surface area contributed by atoms with E-state index in [4.69, 9.17) is 16.7 Å². The van der Waals surface area contributed by atoms with Gasteiger partial charge in [-0.1, -0.05) is 11.6 Å². The van der Waals surface area contributed by atoms with Gasteiger partial charge in [-0.05, 0) is 0 Å². The number of carboxylic acid groups (broad SMARTS) is 1. The Morgan fingerprint density at radius 3 is 2.64 bits per heavy atom. The molecule has 1 aromatic heterocycles. The van der Waals surface area contributed by atoms with Crippen molar-refractivity contribution in [3.8, 4) is 0 Å². The number of halogens is 1. The molecule has 0 aliphatic heterocycles. The summed E-state index contributed by atoms with van der Waals surface area (Å²) >= 11 is 5.53. The zero-order chi connectivity index (χ0) is 10.9. The van der Waals surface area contributed by atoms with Gasteiger partial charge in [0.15, 0.2) is 0 Å². The number of hydrogen-bond acceptors (Lipinski definition) is 3. The van der Waals surface area contributed by atoms with Crippen LogP contribution >= 0.6 is 11.6 Å². The Kier molecular flexibility index (Phi) is 2.76. The van der Waals surface area contributed by atoms with Crippen molar-refractivity contribution in [1.29, 1.82) is 0 Å². The molecule has 1 aromatic rings. The minimum absolute atomic E-state index is 0.0263. The van der Waals surface area contributed by atoms with Gasteiger partial charge >= 0.3 is 11.7 Å². The van der Waals surface area contributed by atoms with Crippen molar-refractivity contribution in [3.05, 3.63) is 32.1 Å². The van der Waals surface area contributed by atoms with Gasteiger partial charge in [0.2, 0.25) is 0 Å². The first-order chi connectivity index (χ1) is 6.43. The van der Waals surface area contributed by atoms with E-state index >= 15 is 0 Å². The van der Waals surface area contributed by atoms with Gasteiger partial charge < -0.3 is 5.11 Å². The van der Waals surface area contributed by atoms with Crippen molar-refractivity contribution < 1.29 is 9.90 Å². The molecule has 0 atom stereocenters. The van der Waals surface area contributed by atoms with Crippen LogP contribution in [-0.2, 0) is 18.4 Å². The van der Waals surface area contributed by atoms with Crippen LogP contribution < -0.4 is 11.2 Å². The Morgan fingerprint density at radius 2 is 2.14 bits per heavy atom. The van der Waals surface area contributed by atoms with E-state index in [1.807, 2.05) is 0 Å². The zero-order valence-corrected chi connectivity index (χ0v) is 7.98. The van der Waals surface area contributed by atoms with Crippen molar-refractivity contribution in [2.75, 3.05) is 0 Å². The highest BCUT2D eigenvalue weighted by Crippen LogP contribution is 1.97. The second-order valence-corrected chi connectivity index (χ2v) is 3.01. The highest BCUT2D eigenvalue weighted by Gasteiger charge is 2.09. The molecule has 0 unspecified atom stereocenters. The summed E-state index contributed by atoms with van der Waals surface area (Å²) in [5.41, 5.74) is -1.47. The van der Waals surface area contributed by atoms with E-state index in [1.165, 1.54) is 7.05 Å². The Labute approximate surface area is 83.0 Å². The summed E-state index contributed by atoms with van der Waals surface area (Å²) < 4.78 is 1.58. The molecule has 1 N–H and O–H groups in total. The molecule has 0 saturated carbocycles. The quantitative estimate of drug-likeness (QED) is 0.665. The third-order valence-corrected chi connectivity index (χ3v) is 2.00. The van der Waals surface area contributed by atoms with Crippen LogP contribution in [0.15, 0.2) is 15.7 Å². The van der Waals surface area contributed by atoms with Crippen LogP contribution in [0.3, 0.4) is 0 Å². The Bertz CT molecular complexity index is 487. The summed E-state index contributed by atoms with van der Waals surface area (Å²) in [4.78, 5) is 32.8. The predicted octanol–water partition coefficient (Wildman–Crippen LogP) is -0.715. The molecule has 0 amide bonds. The monoisotopic (exact) mass is 218 g/mol. The Hall–Kier alpha value is -1.56. The number of nitrogens with zero attached hydrogens (tertiary/aromatic N) is 2. The lowest BCUT2D eigenvalue weighted by Gasteiger charge is -2.04. The van der Waals surface area contributed by atoms with Crippen LogP contribution in [0, 0.1) is 0 Å². The van der Waals surface area contributed by atoms with Crippen LogP contribution in [0.1, 0.15) is 0 Å².